The smallest absolute Gasteiger partial charge is 0.222 e. The molecule has 1 aromatic heterocycles. The average molecular weight is 812 g/mol. The molecule has 1 aliphatic heterocycles. The van der Waals surface area contributed by atoms with Gasteiger partial charge in [-0.1, -0.05) is 26.0 Å². The third kappa shape index (κ3) is 21.0. The Kier molecular flexibility index (Phi) is 23.3. The van der Waals surface area contributed by atoms with E-state index < -0.39 is 12.2 Å². The number of aromatic nitrogens is 3. The van der Waals surface area contributed by atoms with Crippen LogP contribution in [-0.4, -0.2) is 161 Å². The maximum Gasteiger partial charge on any atom is 0.222 e. The molecule has 0 bridgehead atoms. The van der Waals surface area contributed by atoms with Crippen molar-refractivity contribution in [1.82, 2.24) is 35.4 Å². The van der Waals surface area contributed by atoms with Crippen molar-refractivity contribution < 1.29 is 38.0 Å². The van der Waals surface area contributed by atoms with Crippen LogP contribution in [0.1, 0.15) is 112 Å². The molecule has 2 N–H and O–H groups in total. The molecule has 332 valence electrons. The number of fused-ring (bicyclic) bond motifs is 1. The zero-order valence-corrected chi connectivity index (χ0v) is 37.9. The van der Waals surface area contributed by atoms with Crippen LogP contribution in [0, 0.1) is 11.3 Å². The van der Waals surface area contributed by atoms with E-state index in [9.17, 15) is 9.59 Å². The molecule has 2 rings (SSSR count). The number of hydrogen-bond donors (Lipinski definition) is 2. The fourth-order valence-corrected chi connectivity index (χ4v) is 6.47. The number of nitrogens with zero attached hydrogens (tertiary/aromatic N) is 5. The van der Waals surface area contributed by atoms with Crippen LogP contribution < -0.4 is 10.6 Å². The van der Waals surface area contributed by atoms with Crippen LogP contribution in [0.5, 0.6) is 0 Å². The van der Waals surface area contributed by atoms with Crippen molar-refractivity contribution in [3.63, 3.8) is 0 Å². The maximum atomic E-state index is 13.5. The van der Waals surface area contributed by atoms with Gasteiger partial charge in [0, 0.05) is 89.4 Å². The normalized spacial score (nSPS) is 17.4. The highest BCUT2D eigenvalue weighted by molar-refractivity contribution is 5.79. The third-order valence-corrected chi connectivity index (χ3v) is 10.1. The van der Waals surface area contributed by atoms with Crippen LogP contribution in [0.4, 0.5) is 0 Å². The SMILES string of the molecule is CO[C@H]1CN(C(=O)CCCC(=O)NCCCOCCOCCOCCCNC(C)(C)C)CCc2c(nnn2CC(C)(C)COCC(C)CN(C)C(C)(C)C)[C@@H]1OC. The lowest BCUT2D eigenvalue weighted by molar-refractivity contribution is -0.135. The quantitative estimate of drug-likeness (QED) is 0.116. The lowest BCUT2D eigenvalue weighted by Crippen LogP contribution is -2.44. The van der Waals surface area contributed by atoms with Gasteiger partial charge in [-0.15, -0.1) is 5.10 Å². The molecule has 0 aromatic carbocycles. The van der Waals surface area contributed by atoms with Crippen molar-refractivity contribution in [1.29, 1.82) is 0 Å². The Hall–Kier alpha value is -2.24. The molecule has 0 aliphatic carbocycles. The number of hydrogen-bond acceptors (Lipinski definition) is 12. The first-order valence-corrected chi connectivity index (χ1v) is 21.2. The summed E-state index contributed by atoms with van der Waals surface area (Å²) in [6, 6.07) is 0. The molecular weight excluding hydrogens is 731 g/mol. The summed E-state index contributed by atoms with van der Waals surface area (Å²) in [6.45, 7) is 28.2. The number of nitrogens with one attached hydrogen (secondary N) is 2. The van der Waals surface area contributed by atoms with Gasteiger partial charge in [0.25, 0.3) is 0 Å². The van der Waals surface area contributed by atoms with Crippen molar-refractivity contribution >= 4 is 11.8 Å². The zero-order chi connectivity index (χ0) is 42.5. The molecule has 3 atom stereocenters. The summed E-state index contributed by atoms with van der Waals surface area (Å²) < 4.78 is 36.7. The highest BCUT2D eigenvalue weighted by atomic mass is 16.5. The van der Waals surface area contributed by atoms with Crippen LogP contribution in [-0.2, 0) is 51.0 Å². The molecule has 15 nitrogen and oxygen atoms in total. The van der Waals surface area contributed by atoms with E-state index in [1.165, 1.54) is 0 Å². The fourth-order valence-electron chi connectivity index (χ4n) is 6.47. The largest absolute Gasteiger partial charge is 0.380 e. The standard InChI is InChI=1S/C42H81N7O8/c1-33(28-47(10)41(5,6)7)30-57-32-42(8,9)31-49-34-18-21-48(29-35(52-11)39(53-12)38(34)45-46-49)37(51)17-13-16-36(50)43-19-14-22-54-24-26-56-27-25-55-23-15-20-44-40(2,3)4/h33,35,39,44H,13-32H2,1-12H3,(H,43,50)/t33?,35-,39+/m0/s1. The van der Waals surface area contributed by atoms with E-state index in [1.54, 1.807) is 14.2 Å². The van der Waals surface area contributed by atoms with Crippen LogP contribution in [0.3, 0.4) is 0 Å². The molecule has 0 spiro atoms. The second kappa shape index (κ2) is 26.1. The first-order chi connectivity index (χ1) is 26.9. The summed E-state index contributed by atoms with van der Waals surface area (Å²) in [4.78, 5) is 30.2. The first-order valence-electron chi connectivity index (χ1n) is 21.2. The van der Waals surface area contributed by atoms with E-state index in [1.807, 2.05) is 9.58 Å². The molecule has 57 heavy (non-hydrogen) atoms. The lowest BCUT2D eigenvalue weighted by atomic mass is 9.94. The molecule has 2 heterocycles. The summed E-state index contributed by atoms with van der Waals surface area (Å²) in [5.74, 6) is 0.315. The Balaban J connectivity index is 1.72. The number of carbonyl (C=O) groups excluding carboxylic acids is 2. The molecular formula is C42H81N7O8. The van der Waals surface area contributed by atoms with Gasteiger partial charge in [-0.05, 0) is 80.3 Å². The van der Waals surface area contributed by atoms with Crippen molar-refractivity contribution in [2.75, 3.05) is 107 Å². The second-order valence-corrected chi connectivity index (χ2v) is 18.4. The van der Waals surface area contributed by atoms with Crippen LogP contribution in [0.25, 0.3) is 0 Å². The van der Waals surface area contributed by atoms with Gasteiger partial charge < -0.3 is 48.9 Å². The van der Waals surface area contributed by atoms with E-state index in [0.717, 1.165) is 30.9 Å². The Morgan fingerprint density at radius 3 is 2.09 bits per heavy atom. The Bertz CT molecular complexity index is 1270. The minimum Gasteiger partial charge on any atom is -0.380 e. The highest BCUT2D eigenvalue weighted by Crippen LogP contribution is 2.30. The average Bonchev–Trinajstić information content (AvgIpc) is 3.48. The van der Waals surface area contributed by atoms with Gasteiger partial charge >= 0.3 is 0 Å². The zero-order valence-electron chi connectivity index (χ0n) is 37.9. The Morgan fingerprint density at radius 1 is 0.860 bits per heavy atom. The topological polar surface area (TPSA) is 151 Å². The predicted octanol–water partition coefficient (Wildman–Crippen LogP) is 4.28. The molecule has 1 aliphatic rings. The molecule has 1 unspecified atom stereocenters. The van der Waals surface area contributed by atoms with Crippen molar-refractivity contribution in [2.24, 2.45) is 11.3 Å². The number of rotatable bonds is 28. The van der Waals surface area contributed by atoms with Crippen molar-refractivity contribution in [2.45, 2.75) is 131 Å². The summed E-state index contributed by atoms with van der Waals surface area (Å²) in [5, 5.41) is 15.5. The minimum atomic E-state index is -0.479. The predicted molar refractivity (Wildman–Crippen MR) is 223 cm³/mol. The lowest BCUT2D eigenvalue weighted by Gasteiger charge is -2.34. The van der Waals surface area contributed by atoms with E-state index >= 15 is 0 Å². The van der Waals surface area contributed by atoms with Crippen molar-refractivity contribution in [3.05, 3.63) is 11.4 Å². The molecule has 0 fully saturated rings. The van der Waals surface area contributed by atoms with Gasteiger partial charge in [0.2, 0.25) is 11.8 Å². The van der Waals surface area contributed by atoms with Crippen LogP contribution in [0.2, 0.25) is 0 Å². The summed E-state index contributed by atoms with van der Waals surface area (Å²) in [5.41, 5.74) is 1.72. The Morgan fingerprint density at radius 2 is 1.49 bits per heavy atom. The van der Waals surface area contributed by atoms with Crippen molar-refractivity contribution in [3.8, 4) is 0 Å². The van der Waals surface area contributed by atoms with E-state index in [2.05, 4.69) is 95.2 Å². The number of carbonyl (C=O) groups is 2. The monoisotopic (exact) mass is 812 g/mol. The number of ether oxygens (including phenoxy) is 6. The minimum absolute atomic E-state index is 0.0160. The first kappa shape index (κ1) is 50.9. The van der Waals surface area contributed by atoms with Gasteiger partial charge in [-0.2, -0.15) is 0 Å². The molecule has 0 radical (unpaired) electrons. The molecule has 0 saturated carbocycles. The number of methoxy groups -OCH3 is 2. The molecule has 1 aromatic rings. The van der Waals surface area contributed by atoms with E-state index in [4.69, 9.17) is 28.4 Å². The van der Waals surface area contributed by atoms with E-state index in [-0.39, 0.29) is 41.1 Å². The molecule has 2 amide bonds. The summed E-state index contributed by atoms with van der Waals surface area (Å²) in [7, 11) is 5.41. The second-order valence-electron chi connectivity index (χ2n) is 18.4. The van der Waals surface area contributed by atoms with E-state index in [0.29, 0.717) is 104 Å². The molecule has 15 heteroatoms. The van der Waals surface area contributed by atoms with Gasteiger partial charge in [0.1, 0.15) is 17.9 Å². The van der Waals surface area contributed by atoms with Crippen LogP contribution >= 0.6 is 0 Å². The highest BCUT2D eigenvalue weighted by Gasteiger charge is 2.35. The Labute approximate surface area is 344 Å². The van der Waals surface area contributed by atoms with Gasteiger partial charge in [0.05, 0.1) is 51.9 Å². The third-order valence-electron chi connectivity index (χ3n) is 10.1. The number of amides is 2. The van der Waals surface area contributed by atoms with Gasteiger partial charge in [-0.25, -0.2) is 4.68 Å². The summed E-state index contributed by atoms with van der Waals surface area (Å²) >= 11 is 0. The van der Waals surface area contributed by atoms with Gasteiger partial charge in [-0.3, -0.25) is 9.59 Å². The summed E-state index contributed by atoms with van der Waals surface area (Å²) in [6.07, 6.45) is 2.36. The maximum absolute atomic E-state index is 13.5. The fraction of sp³-hybridized carbons (Fsp3) is 0.905. The van der Waals surface area contributed by atoms with Crippen LogP contribution in [0.15, 0.2) is 0 Å². The van der Waals surface area contributed by atoms with Gasteiger partial charge in [0.15, 0.2) is 0 Å². The molecule has 0 saturated heterocycles.